The van der Waals surface area contributed by atoms with Crippen LogP contribution in [0.3, 0.4) is 0 Å². The fraction of sp³-hybridized carbons (Fsp3) is 0.375. The molecule has 0 saturated heterocycles. The van der Waals surface area contributed by atoms with E-state index in [9.17, 15) is 4.79 Å². The summed E-state index contributed by atoms with van der Waals surface area (Å²) in [6.45, 7) is 4.71. The van der Waals surface area contributed by atoms with Crippen LogP contribution in [-0.4, -0.2) is 24.0 Å². The van der Waals surface area contributed by atoms with E-state index in [1.165, 1.54) is 5.56 Å². The van der Waals surface area contributed by atoms with E-state index in [1.54, 1.807) is 11.3 Å². The molecule has 21 heavy (non-hydrogen) atoms. The van der Waals surface area contributed by atoms with Gasteiger partial charge in [-0.3, -0.25) is 4.79 Å². The third kappa shape index (κ3) is 5.19. The first-order chi connectivity index (χ1) is 10.2. The summed E-state index contributed by atoms with van der Waals surface area (Å²) in [5.74, 6) is 0.610. The molecule has 1 N–H and O–H groups in total. The quantitative estimate of drug-likeness (QED) is 0.855. The summed E-state index contributed by atoms with van der Waals surface area (Å²) >= 11 is 1.63. The number of benzene rings is 1. The van der Waals surface area contributed by atoms with Gasteiger partial charge in [0.25, 0.3) is 5.91 Å². The van der Waals surface area contributed by atoms with E-state index in [2.05, 4.69) is 17.2 Å². The van der Waals surface area contributed by atoms with Crippen LogP contribution in [0.25, 0.3) is 0 Å². The zero-order valence-electron chi connectivity index (χ0n) is 12.4. The number of hydrogen-bond donors (Lipinski definition) is 1. The molecule has 0 atom stereocenters. The summed E-state index contributed by atoms with van der Waals surface area (Å²) in [7, 11) is 0. The number of rotatable bonds is 7. The van der Waals surface area contributed by atoms with Crippen LogP contribution < -0.4 is 10.1 Å². The van der Waals surface area contributed by atoms with Crippen LogP contribution in [-0.2, 0) is 17.6 Å². The van der Waals surface area contributed by atoms with Gasteiger partial charge in [0.1, 0.15) is 5.75 Å². The monoisotopic (exact) mass is 304 g/mol. The van der Waals surface area contributed by atoms with Gasteiger partial charge in [-0.2, -0.15) is 0 Å². The van der Waals surface area contributed by atoms with Crippen LogP contribution in [0.1, 0.15) is 23.2 Å². The molecule has 4 nitrogen and oxygen atoms in total. The Hall–Kier alpha value is -1.88. The van der Waals surface area contributed by atoms with E-state index in [1.807, 2.05) is 36.6 Å². The minimum atomic E-state index is -0.110. The molecule has 0 spiro atoms. The zero-order valence-corrected chi connectivity index (χ0v) is 13.2. The molecule has 0 saturated carbocycles. The first kappa shape index (κ1) is 15.5. The second-order valence-corrected chi connectivity index (χ2v) is 5.81. The van der Waals surface area contributed by atoms with Gasteiger partial charge >= 0.3 is 0 Å². The smallest absolute Gasteiger partial charge is 0.257 e. The zero-order chi connectivity index (χ0) is 15.1. The average Bonchev–Trinajstić information content (AvgIpc) is 2.91. The molecule has 1 heterocycles. The fourth-order valence-electron chi connectivity index (χ4n) is 1.87. The van der Waals surface area contributed by atoms with Gasteiger partial charge in [0.05, 0.1) is 10.7 Å². The van der Waals surface area contributed by atoms with Crippen molar-refractivity contribution in [1.82, 2.24) is 10.3 Å². The summed E-state index contributed by atoms with van der Waals surface area (Å²) in [5.41, 5.74) is 2.28. The van der Waals surface area contributed by atoms with Crippen molar-refractivity contribution < 1.29 is 9.53 Å². The molecule has 1 aromatic carbocycles. The maximum absolute atomic E-state index is 11.7. The SMILES string of the molecule is CCc1ccc(OCC(=O)NCCc2csc(C)n2)cc1. The van der Waals surface area contributed by atoms with Crippen molar-refractivity contribution in [2.45, 2.75) is 26.7 Å². The number of carbonyl (C=O) groups excluding carboxylic acids is 1. The average molecular weight is 304 g/mol. The summed E-state index contributed by atoms with van der Waals surface area (Å²) < 4.78 is 5.45. The number of aryl methyl sites for hydroxylation is 2. The molecule has 2 aromatic rings. The molecular weight excluding hydrogens is 284 g/mol. The second kappa shape index (κ2) is 7.78. The van der Waals surface area contributed by atoms with E-state index >= 15 is 0 Å². The van der Waals surface area contributed by atoms with Gasteiger partial charge in [0.2, 0.25) is 0 Å². The Morgan fingerprint density at radius 1 is 1.33 bits per heavy atom. The standard InChI is InChI=1S/C16H20N2O2S/c1-3-13-4-6-15(7-5-13)20-10-16(19)17-9-8-14-11-21-12(2)18-14/h4-7,11H,3,8-10H2,1-2H3,(H,17,19). The molecule has 0 aliphatic heterocycles. The first-order valence-corrected chi connectivity index (χ1v) is 7.94. The van der Waals surface area contributed by atoms with Gasteiger partial charge < -0.3 is 10.1 Å². The predicted molar refractivity (Wildman–Crippen MR) is 84.9 cm³/mol. The molecule has 0 fully saturated rings. The maximum Gasteiger partial charge on any atom is 0.257 e. The van der Waals surface area contributed by atoms with Gasteiger partial charge in [0.15, 0.2) is 6.61 Å². The van der Waals surface area contributed by atoms with Crippen molar-refractivity contribution in [2.75, 3.05) is 13.2 Å². The Kier molecular flexibility index (Phi) is 5.75. The van der Waals surface area contributed by atoms with Crippen LogP contribution >= 0.6 is 11.3 Å². The number of nitrogens with zero attached hydrogens (tertiary/aromatic N) is 1. The Morgan fingerprint density at radius 2 is 2.10 bits per heavy atom. The van der Waals surface area contributed by atoms with Gasteiger partial charge in [-0.1, -0.05) is 19.1 Å². The van der Waals surface area contributed by atoms with Gasteiger partial charge in [-0.15, -0.1) is 11.3 Å². The van der Waals surface area contributed by atoms with Crippen molar-refractivity contribution in [1.29, 1.82) is 0 Å². The Bertz CT molecular complexity index is 578. The third-order valence-electron chi connectivity index (χ3n) is 3.07. The summed E-state index contributed by atoms with van der Waals surface area (Å²) in [4.78, 5) is 16.0. The molecular formula is C16H20N2O2S. The molecule has 0 aliphatic carbocycles. The molecule has 0 unspecified atom stereocenters. The topological polar surface area (TPSA) is 51.2 Å². The van der Waals surface area contributed by atoms with Crippen LogP contribution in [0.4, 0.5) is 0 Å². The molecule has 2 rings (SSSR count). The van der Waals surface area contributed by atoms with E-state index in [-0.39, 0.29) is 12.5 Å². The molecule has 1 amide bonds. The number of hydrogen-bond acceptors (Lipinski definition) is 4. The third-order valence-corrected chi connectivity index (χ3v) is 3.89. The van der Waals surface area contributed by atoms with Crippen LogP contribution in [0, 0.1) is 6.92 Å². The first-order valence-electron chi connectivity index (χ1n) is 7.07. The van der Waals surface area contributed by atoms with Crippen LogP contribution in [0.15, 0.2) is 29.6 Å². The highest BCUT2D eigenvalue weighted by molar-refractivity contribution is 7.09. The van der Waals surface area contributed by atoms with E-state index < -0.39 is 0 Å². The lowest BCUT2D eigenvalue weighted by atomic mass is 10.2. The molecule has 1 aromatic heterocycles. The molecule has 0 aliphatic rings. The van der Waals surface area contributed by atoms with Crippen molar-refractivity contribution in [3.63, 3.8) is 0 Å². The van der Waals surface area contributed by atoms with Gasteiger partial charge in [-0.05, 0) is 31.0 Å². The predicted octanol–water partition coefficient (Wildman–Crippen LogP) is 2.75. The number of thiazole rings is 1. The summed E-state index contributed by atoms with van der Waals surface area (Å²) in [6.07, 6.45) is 1.75. The normalized spacial score (nSPS) is 10.4. The lowest BCUT2D eigenvalue weighted by Crippen LogP contribution is -2.30. The number of aromatic nitrogens is 1. The molecule has 112 valence electrons. The summed E-state index contributed by atoms with van der Waals surface area (Å²) in [5, 5.41) is 5.91. The second-order valence-electron chi connectivity index (χ2n) is 4.74. The lowest BCUT2D eigenvalue weighted by molar-refractivity contribution is -0.123. The van der Waals surface area contributed by atoms with Crippen LogP contribution in [0.5, 0.6) is 5.75 Å². The Balaban J connectivity index is 1.67. The van der Waals surface area contributed by atoms with Crippen molar-refractivity contribution in [3.8, 4) is 5.75 Å². The minimum Gasteiger partial charge on any atom is -0.484 e. The van der Waals surface area contributed by atoms with E-state index in [0.717, 1.165) is 29.3 Å². The highest BCUT2D eigenvalue weighted by atomic mass is 32.1. The van der Waals surface area contributed by atoms with Crippen LogP contribution in [0.2, 0.25) is 0 Å². The van der Waals surface area contributed by atoms with Crippen molar-refractivity contribution in [3.05, 3.63) is 45.9 Å². The fourth-order valence-corrected chi connectivity index (χ4v) is 2.52. The molecule has 5 heteroatoms. The van der Waals surface area contributed by atoms with E-state index in [0.29, 0.717) is 6.54 Å². The highest BCUT2D eigenvalue weighted by Crippen LogP contribution is 2.12. The number of amides is 1. The Morgan fingerprint density at radius 3 is 2.71 bits per heavy atom. The van der Waals surface area contributed by atoms with Crippen molar-refractivity contribution >= 4 is 17.2 Å². The Labute approximate surface area is 129 Å². The lowest BCUT2D eigenvalue weighted by Gasteiger charge is -2.07. The number of ether oxygens (including phenoxy) is 1. The number of nitrogens with one attached hydrogen (secondary N) is 1. The van der Waals surface area contributed by atoms with E-state index in [4.69, 9.17) is 4.74 Å². The molecule has 0 bridgehead atoms. The largest absolute Gasteiger partial charge is 0.484 e. The highest BCUT2D eigenvalue weighted by Gasteiger charge is 2.04. The molecule has 0 radical (unpaired) electrons. The van der Waals surface area contributed by atoms with Gasteiger partial charge in [-0.25, -0.2) is 4.98 Å². The number of carbonyl (C=O) groups is 1. The minimum absolute atomic E-state index is 0.0432. The maximum atomic E-state index is 11.7. The van der Waals surface area contributed by atoms with Crippen molar-refractivity contribution in [2.24, 2.45) is 0 Å². The van der Waals surface area contributed by atoms with Gasteiger partial charge in [0, 0.05) is 18.3 Å². The summed E-state index contributed by atoms with van der Waals surface area (Å²) in [6, 6.07) is 7.81.